The molecule has 1 unspecified atom stereocenters. The molecule has 0 bridgehead atoms. The van der Waals surface area contributed by atoms with Gasteiger partial charge in [-0.3, -0.25) is 4.55 Å². The van der Waals surface area contributed by atoms with Crippen LogP contribution in [0.5, 0.6) is 0 Å². The highest BCUT2D eigenvalue weighted by Crippen LogP contribution is 2.01. The van der Waals surface area contributed by atoms with Crippen LogP contribution in [0.25, 0.3) is 0 Å². The Hall–Kier alpha value is 0.0200. The summed E-state index contributed by atoms with van der Waals surface area (Å²) < 4.78 is 40.9. The van der Waals surface area contributed by atoms with Crippen molar-refractivity contribution in [3.8, 4) is 0 Å². The SMILES string of the molecule is CCCN(S(=O)O)S(C)(=O)=O. The lowest BCUT2D eigenvalue weighted by Crippen LogP contribution is -2.32. The molecule has 7 heteroatoms. The van der Waals surface area contributed by atoms with E-state index in [2.05, 4.69) is 0 Å². The van der Waals surface area contributed by atoms with Crippen molar-refractivity contribution in [2.24, 2.45) is 0 Å². The third-order valence-corrected chi connectivity index (χ3v) is 3.60. The summed E-state index contributed by atoms with van der Waals surface area (Å²) in [5.74, 6) is 0. The molecular formula is C4H11NO4S2. The van der Waals surface area contributed by atoms with E-state index >= 15 is 0 Å². The molecule has 0 heterocycles. The highest BCUT2D eigenvalue weighted by molar-refractivity contribution is 7.98. The van der Waals surface area contributed by atoms with Crippen molar-refractivity contribution >= 4 is 21.3 Å². The van der Waals surface area contributed by atoms with E-state index < -0.39 is 21.3 Å². The third kappa shape index (κ3) is 3.80. The van der Waals surface area contributed by atoms with Crippen molar-refractivity contribution in [1.82, 2.24) is 3.71 Å². The Morgan fingerprint density at radius 2 is 2.00 bits per heavy atom. The van der Waals surface area contributed by atoms with Gasteiger partial charge in [0.15, 0.2) is 0 Å². The first-order chi connectivity index (χ1) is 4.89. The first-order valence-corrected chi connectivity index (χ1v) is 5.89. The Morgan fingerprint density at radius 1 is 1.55 bits per heavy atom. The van der Waals surface area contributed by atoms with E-state index in [1.54, 1.807) is 6.92 Å². The average Bonchev–Trinajstić information content (AvgIpc) is 1.79. The molecule has 0 radical (unpaired) electrons. The van der Waals surface area contributed by atoms with Gasteiger partial charge in [0, 0.05) is 6.54 Å². The summed E-state index contributed by atoms with van der Waals surface area (Å²) in [6.45, 7) is 1.80. The zero-order valence-corrected chi connectivity index (χ0v) is 7.98. The zero-order chi connectivity index (χ0) is 9.07. The number of nitrogens with zero attached hydrogens (tertiary/aromatic N) is 1. The molecule has 0 aliphatic rings. The second kappa shape index (κ2) is 4.15. The lowest BCUT2D eigenvalue weighted by atomic mass is 10.5. The molecule has 11 heavy (non-hydrogen) atoms. The van der Waals surface area contributed by atoms with Crippen LogP contribution in [-0.2, 0) is 21.3 Å². The molecule has 1 atom stereocenters. The summed E-state index contributed by atoms with van der Waals surface area (Å²) in [6.07, 6.45) is 1.41. The Labute approximate surface area is 68.9 Å². The summed E-state index contributed by atoms with van der Waals surface area (Å²) >= 11 is -2.43. The van der Waals surface area contributed by atoms with E-state index in [1.165, 1.54) is 0 Å². The standard InChI is InChI=1S/C4H11NO4S2/c1-3-4-5(10(6)7)11(2,8)9/h3-4H2,1-2H3,(H,6,7). The summed E-state index contributed by atoms with van der Waals surface area (Å²) in [7, 11) is -3.54. The van der Waals surface area contributed by atoms with Crippen molar-refractivity contribution in [2.45, 2.75) is 13.3 Å². The predicted octanol–water partition coefficient (Wildman–Crippen LogP) is -0.205. The first-order valence-electron chi connectivity index (χ1n) is 2.98. The van der Waals surface area contributed by atoms with Crippen LogP contribution >= 0.6 is 0 Å². The fraction of sp³-hybridized carbons (Fsp3) is 1.00. The maximum absolute atomic E-state index is 10.7. The Balaban J connectivity index is 4.49. The minimum absolute atomic E-state index is 0.0714. The third-order valence-electron chi connectivity index (χ3n) is 0.950. The Kier molecular flexibility index (Phi) is 4.16. The number of hydrogen-bond acceptors (Lipinski definition) is 3. The summed E-state index contributed by atoms with van der Waals surface area (Å²) in [5, 5.41) is 0. The van der Waals surface area contributed by atoms with Crippen LogP contribution in [0.4, 0.5) is 0 Å². The molecule has 0 saturated carbocycles. The van der Waals surface area contributed by atoms with Crippen LogP contribution < -0.4 is 0 Å². The van der Waals surface area contributed by atoms with Crippen LogP contribution in [0.1, 0.15) is 13.3 Å². The van der Waals surface area contributed by atoms with Gasteiger partial charge in [-0.1, -0.05) is 10.6 Å². The lowest BCUT2D eigenvalue weighted by molar-refractivity contribution is 0.479. The van der Waals surface area contributed by atoms with Crippen LogP contribution in [0.15, 0.2) is 0 Å². The Bertz CT molecular complexity index is 234. The molecule has 68 valence electrons. The molecule has 0 saturated heterocycles. The minimum atomic E-state index is -3.54. The van der Waals surface area contributed by atoms with Gasteiger partial charge in [-0.05, 0) is 6.42 Å². The maximum Gasteiger partial charge on any atom is 0.248 e. The van der Waals surface area contributed by atoms with E-state index in [0.717, 1.165) is 6.26 Å². The van der Waals surface area contributed by atoms with Gasteiger partial charge in [0.2, 0.25) is 21.3 Å². The van der Waals surface area contributed by atoms with Gasteiger partial charge in [0.1, 0.15) is 0 Å². The van der Waals surface area contributed by atoms with Crippen molar-refractivity contribution in [3.05, 3.63) is 0 Å². The zero-order valence-electron chi connectivity index (χ0n) is 6.35. The normalized spacial score (nSPS) is 15.3. The summed E-state index contributed by atoms with van der Waals surface area (Å²) in [4.78, 5) is 0. The average molecular weight is 201 g/mol. The Morgan fingerprint density at radius 3 is 2.09 bits per heavy atom. The molecule has 0 aromatic carbocycles. The molecule has 0 aliphatic carbocycles. The van der Waals surface area contributed by atoms with Crippen LogP contribution in [0.2, 0.25) is 0 Å². The fourth-order valence-corrected chi connectivity index (χ4v) is 2.32. The van der Waals surface area contributed by atoms with Gasteiger partial charge >= 0.3 is 0 Å². The van der Waals surface area contributed by atoms with Gasteiger partial charge < -0.3 is 0 Å². The van der Waals surface area contributed by atoms with E-state index in [0.29, 0.717) is 10.1 Å². The van der Waals surface area contributed by atoms with Crippen LogP contribution in [-0.4, -0.2) is 33.7 Å². The monoisotopic (exact) mass is 201 g/mol. The van der Waals surface area contributed by atoms with Crippen molar-refractivity contribution in [2.75, 3.05) is 12.8 Å². The van der Waals surface area contributed by atoms with Crippen molar-refractivity contribution in [3.63, 3.8) is 0 Å². The quantitative estimate of drug-likeness (QED) is 0.639. The lowest BCUT2D eigenvalue weighted by Gasteiger charge is -2.12. The second-order valence-electron chi connectivity index (χ2n) is 2.02. The molecule has 0 rings (SSSR count). The molecule has 1 N–H and O–H groups in total. The fourth-order valence-electron chi connectivity index (χ4n) is 0.542. The first kappa shape index (κ1) is 11.0. The van der Waals surface area contributed by atoms with E-state index in [9.17, 15) is 12.6 Å². The van der Waals surface area contributed by atoms with Gasteiger partial charge in [-0.15, -0.1) is 0 Å². The van der Waals surface area contributed by atoms with Gasteiger partial charge in [-0.2, -0.15) is 0 Å². The van der Waals surface area contributed by atoms with Gasteiger partial charge in [0.05, 0.1) is 6.26 Å². The number of hydrogen-bond donors (Lipinski definition) is 1. The minimum Gasteiger partial charge on any atom is -0.293 e. The molecule has 0 spiro atoms. The summed E-state index contributed by atoms with van der Waals surface area (Å²) in [5.41, 5.74) is 0. The van der Waals surface area contributed by atoms with Crippen LogP contribution in [0, 0.1) is 0 Å². The highest BCUT2D eigenvalue weighted by atomic mass is 32.3. The molecule has 0 aliphatic heterocycles. The predicted molar refractivity (Wildman–Crippen MR) is 42.6 cm³/mol. The molecule has 5 nitrogen and oxygen atoms in total. The molecule has 0 fully saturated rings. The molecular weight excluding hydrogens is 190 g/mol. The topological polar surface area (TPSA) is 74.7 Å². The molecule has 0 amide bonds. The van der Waals surface area contributed by atoms with Crippen molar-refractivity contribution in [1.29, 1.82) is 0 Å². The summed E-state index contributed by atoms with van der Waals surface area (Å²) in [6, 6.07) is 0. The molecule has 0 aromatic heterocycles. The van der Waals surface area contributed by atoms with Gasteiger partial charge in [-0.25, -0.2) is 12.6 Å². The van der Waals surface area contributed by atoms with E-state index in [1.807, 2.05) is 0 Å². The number of rotatable bonds is 4. The highest BCUT2D eigenvalue weighted by Gasteiger charge is 2.20. The van der Waals surface area contributed by atoms with Crippen molar-refractivity contribution < 1.29 is 17.2 Å². The smallest absolute Gasteiger partial charge is 0.248 e. The largest absolute Gasteiger partial charge is 0.293 e. The maximum atomic E-state index is 10.7. The molecule has 0 aromatic rings. The second-order valence-corrected chi connectivity index (χ2v) is 5.06. The van der Waals surface area contributed by atoms with E-state index in [4.69, 9.17) is 4.55 Å². The van der Waals surface area contributed by atoms with E-state index in [-0.39, 0.29) is 6.54 Å². The van der Waals surface area contributed by atoms with Crippen LogP contribution in [0.3, 0.4) is 0 Å². The number of sulfonamides is 1. The van der Waals surface area contributed by atoms with Gasteiger partial charge in [0.25, 0.3) is 0 Å².